The van der Waals surface area contributed by atoms with Crippen LogP contribution < -0.4 is 9.64 Å². The maximum absolute atomic E-state index is 13.2. The number of fused-ring (bicyclic) bond motifs is 1. The van der Waals surface area contributed by atoms with Gasteiger partial charge < -0.3 is 9.64 Å². The van der Waals surface area contributed by atoms with Crippen LogP contribution in [-0.2, 0) is 11.2 Å². The average Bonchev–Trinajstić information content (AvgIpc) is 3.09. The van der Waals surface area contributed by atoms with Crippen molar-refractivity contribution in [3.63, 3.8) is 0 Å². The van der Waals surface area contributed by atoms with Gasteiger partial charge in [0.15, 0.2) is 5.13 Å². The van der Waals surface area contributed by atoms with Crippen LogP contribution >= 0.6 is 11.3 Å². The number of ether oxygens (including phenoxy) is 1. The minimum absolute atomic E-state index is 0.0716. The third-order valence-electron chi connectivity index (χ3n) is 4.84. The lowest BCUT2D eigenvalue weighted by Crippen LogP contribution is -2.34. The van der Waals surface area contributed by atoms with E-state index in [2.05, 4.69) is 30.9 Å². The second-order valence-corrected chi connectivity index (χ2v) is 8.63. The summed E-state index contributed by atoms with van der Waals surface area (Å²) < 4.78 is 6.37. The summed E-state index contributed by atoms with van der Waals surface area (Å²) in [5, 5.41) is 0.783. The Morgan fingerprint density at radius 3 is 2.48 bits per heavy atom. The van der Waals surface area contributed by atoms with Gasteiger partial charge in [0.1, 0.15) is 5.75 Å². The number of hydrogen-bond donors (Lipinski definition) is 0. The molecule has 0 spiro atoms. The molecule has 0 unspecified atom stereocenters. The van der Waals surface area contributed by atoms with Crippen LogP contribution in [0, 0.1) is 13.8 Å². The average molecular weight is 412 g/mol. The van der Waals surface area contributed by atoms with Crippen molar-refractivity contribution in [2.75, 3.05) is 39.2 Å². The first-order chi connectivity index (χ1) is 13.9. The first kappa shape index (κ1) is 21.3. The molecule has 154 valence electrons. The molecule has 2 aromatic carbocycles. The zero-order valence-corrected chi connectivity index (χ0v) is 18.7. The number of rotatable bonds is 8. The van der Waals surface area contributed by atoms with Crippen LogP contribution in [0.25, 0.3) is 10.2 Å². The SMILES string of the molecule is COc1ccc(CC(=O)N(CCCN(C)C)c2nc3cc(C)cc(C)c3s2)cc1. The molecule has 0 N–H and O–H groups in total. The van der Waals surface area contributed by atoms with Crippen molar-refractivity contribution in [2.24, 2.45) is 0 Å². The lowest BCUT2D eigenvalue weighted by Gasteiger charge is -2.21. The normalized spacial score (nSPS) is 11.2. The van der Waals surface area contributed by atoms with E-state index in [1.54, 1.807) is 18.4 Å². The monoisotopic (exact) mass is 411 g/mol. The van der Waals surface area contributed by atoms with Gasteiger partial charge in [-0.3, -0.25) is 9.69 Å². The van der Waals surface area contributed by atoms with E-state index in [-0.39, 0.29) is 5.91 Å². The van der Waals surface area contributed by atoms with Crippen molar-refractivity contribution in [3.05, 3.63) is 53.1 Å². The van der Waals surface area contributed by atoms with Crippen LogP contribution in [0.5, 0.6) is 5.75 Å². The van der Waals surface area contributed by atoms with Gasteiger partial charge in [-0.05, 0) is 75.8 Å². The maximum Gasteiger partial charge on any atom is 0.233 e. The van der Waals surface area contributed by atoms with Gasteiger partial charge in [-0.2, -0.15) is 0 Å². The lowest BCUT2D eigenvalue weighted by molar-refractivity contribution is -0.118. The molecule has 5 nitrogen and oxygen atoms in total. The van der Waals surface area contributed by atoms with Crippen LogP contribution in [0.4, 0.5) is 5.13 Å². The molecule has 3 rings (SSSR count). The quantitative estimate of drug-likeness (QED) is 0.549. The van der Waals surface area contributed by atoms with Crippen molar-refractivity contribution in [1.82, 2.24) is 9.88 Å². The number of thiazole rings is 1. The van der Waals surface area contributed by atoms with E-state index in [9.17, 15) is 4.79 Å². The third kappa shape index (κ3) is 5.34. The Morgan fingerprint density at radius 2 is 1.83 bits per heavy atom. The topological polar surface area (TPSA) is 45.7 Å². The largest absolute Gasteiger partial charge is 0.497 e. The van der Waals surface area contributed by atoms with Crippen molar-refractivity contribution >= 4 is 32.6 Å². The summed E-state index contributed by atoms with van der Waals surface area (Å²) in [7, 11) is 5.74. The van der Waals surface area contributed by atoms with Gasteiger partial charge in [0.2, 0.25) is 5.91 Å². The Bertz CT molecular complexity index is 980. The Morgan fingerprint density at radius 1 is 1.10 bits per heavy atom. The molecule has 1 heterocycles. The number of benzene rings is 2. The smallest absolute Gasteiger partial charge is 0.233 e. The first-order valence-corrected chi connectivity index (χ1v) is 10.6. The minimum Gasteiger partial charge on any atom is -0.497 e. The zero-order valence-electron chi connectivity index (χ0n) is 17.9. The summed E-state index contributed by atoms with van der Waals surface area (Å²) in [6, 6.07) is 11.9. The molecule has 6 heteroatoms. The fourth-order valence-corrected chi connectivity index (χ4v) is 4.42. The van der Waals surface area contributed by atoms with E-state index < -0.39 is 0 Å². The van der Waals surface area contributed by atoms with E-state index in [0.717, 1.165) is 39.6 Å². The first-order valence-electron chi connectivity index (χ1n) is 9.83. The molecule has 0 aliphatic heterocycles. The van der Waals surface area contributed by atoms with Crippen molar-refractivity contribution in [2.45, 2.75) is 26.7 Å². The molecular formula is C23H29N3O2S. The number of methoxy groups -OCH3 is 1. The second-order valence-electron chi connectivity index (χ2n) is 7.65. The van der Waals surface area contributed by atoms with Crippen LogP contribution in [0.15, 0.2) is 36.4 Å². The summed E-state index contributed by atoms with van der Waals surface area (Å²) in [6.45, 7) is 5.77. The van der Waals surface area contributed by atoms with Gasteiger partial charge >= 0.3 is 0 Å². The second kappa shape index (κ2) is 9.37. The predicted molar refractivity (Wildman–Crippen MR) is 121 cm³/mol. The highest BCUT2D eigenvalue weighted by molar-refractivity contribution is 7.22. The minimum atomic E-state index is 0.0716. The van der Waals surface area contributed by atoms with E-state index in [1.165, 1.54) is 11.1 Å². The molecule has 1 amide bonds. The molecule has 0 fully saturated rings. The van der Waals surface area contributed by atoms with E-state index >= 15 is 0 Å². The fourth-order valence-electron chi connectivity index (χ4n) is 3.37. The molecule has 29 heavy (non-hydrogen) atoms. The summed E-state index contributed by atoms with van der Waals surface area (Å²) in [5.41, 5.74) is 4.34. The van der Waals surface area contributed by atoms with Crippen LogP contribution in [0.1, 0.15) is 23.1 Å². The number of carbonyl (C=O) groups excluding carboxylic acids is 1. The molecule has 0 saturated heterocycles. The Hall–Kier alpha value is -2.44. The van der Waals surface area contributed by atoms with Gasteiger partial charge in [0.05, 0.1) is 23.7 Å². The Balaban J connectivity index is 1.86. The summed E-state index contributed by atoms with van der Waals surface area (Å²) >= 11 is 1.60. The van der Waals surface area contributed by atoms with E-state index in [0.29, 0.717) is 13.0 Å². The van der Waals surface area contributed by atoms with Crippen LogP contribution in [0.2, 0.25) is 0 Å². The lowest BCUT2D eigenvalue weighted by atomic mass is 10.1. The highest BCUT2D eigenvalue weighted by Gasteiger charge is 2.20. The van der Waals surface area contributed by atoms with Gasteiger partial charge in [0.25, 0.3) is 0 Å². The third-order valence-corrected chi connectivity index (χ3v) is 6.07. The zero-order chi connectivity index (χ0) is 21.0. The highest BCUT2D eigenvalue weighted by Crippen LogP contribution is 2.32. The number of nitrogens with zero attached hydrogens (tertiary/aromatic N) is 3. The molecule has 0 radical (unpaired) electrons. The van der Waals surface area contributed by atoms with Crippen LogP contribution in [-0.4, -0.2) is 50.1 Å². The number of hydrogen-bond acceptors (Lipinski definition) is 5. The van der Waals surface area contributed by atoms with Crippen molar-refractivity contribution in [1.29, 1.82) is 0 Å². The number of anilines is 1. The Labute approximate surface area is 176 Å². The summed E-state index contributed by atoms with van der Waals surface area (Å²) in [5.74, 6) is 0.864. The Kier molecular flexibility index (Phi) is 6.87. The van der Waals surface area contributed by atoms with Crippen molar-refractivity contribution in [3.8, 4) is 5.75 Å². The number of carbonyl (C=O) groups is 1. The standard InChI is InChI=1S/C23H29N3O2S/c1-16-13-17(2)22-20(14-16)24-23(29-22)26(12-6-11-25(3)4)21(27)15-18-7-9-19(28-5)10-8-18/h7-10,13-14H,6,11-12,15H2,1-5H3. The molecule has 0 bridgehead atoms. The van der Waals surface area contributed by atoms with Gasteiger partial charge in [-0.25, -0.2) is 4.98 Å². The molecular weight excluding hydrogens is 382 g/mol. The van der Waals surface area contributed by atoms with E-state index in [1.807, 2.05) is 43.3 Å². The number of aromatic nitrogens is 1. The van der Waals surface area contributed by atoms with Gasteiger partial charge in [-0.15, -0.1) is 0 Å². The van der Waals surface area contributed by atoms with Crippen molar-refractivity contribution < 1.29 is 9.53 Å². The van der Waals surface area contributed by atoms with Crippen LogP contribution in [0.3, 0.4) is 0 Å². The molecule has 0 saturated carbocycles. The van der Waals surface area contributed by atoms with Gasteiger partial charge in [-0.1, -0.05) is 29.5 Å². The molecule has 0 aliphatic rings. The summed E-state index contributed by atoms with van der Waals surface area (Å²) in [6.07, 6.45) is 1.25. The molecule has 0 aliphatic carbocycles. The summed E-state index contributed by atoms with van der Waals surface area (Å²) in [4.78, 5) is 22.0. The maximum atomic E-state index is 13.2. The predicted octanol–water partition coefficient (Wildman–Crippen LogP) is 4.45. The van der Waals surface area contributed by atoms with Gasteiger partial charge in [0, 0.05) is 6.54 Å². The molecule has 3 aromatic rings. The molecule has 1 aromatic heterocycles. The van der Waals surface area contributed by atoms with E-state index in [4.69, 9.17) is 9.72 Å². The number of amides is 1. The fraction of sp³-hybridized carbons (Fsp3) is 0.391. The molecule has 0 atom stereocenters. The number of aryl methyl sites for hydroxylation is 2. The highest BCUT2D eigenvalue weighted by atomic mass is 32.1.